The van der Waals surface area contributed by atoms with Crippen molar-refractivity contribution < 1.29 is 0 Å². The van der Waals surface area contributed by atoms with E-state index in [-0.39, 0.29) is 0 Å². The largest absolute Gasteiger partial charge is 0.298 e. The van der Waals surface area contributed by atoms with Gasteiger partial charge in [-0.15, -0.1) is 0 Å². The summed E-state index contributed by atoms with van der Waals surface area (Å²) in [7, 11) is 0. The summed E-state index contributed by atoms with van der Waals surface area (Å²) in [4.78, 5) is 23.4. The molecular weight excluding hydrogens is 1130 g/mol. The van der Waals surface area contributed by atoms with Crippen molar-refractivity contribution in [2.75, 3.05) is 111 Å². The summed E-state index contributed by atoms with van der Waals surface area (Å²) in [6.07, 6.45) is 8.21. The Morgan fingerprint density at radius 3 is 0.624 bits per heavy atom. The minimum Gasteiger partial charge on any atom is -0.298 e. The van der Waals surface area contributed by atoms with Gasteiger partial charge in [0.15, 0.2) is 0 Å². The van der Waals surface area contributed by atoms with Crippen LogP contribution in [0.25, 0.3) is 0 Å². The Balaban J connectivity index is 0.000000543. The van der Waals surface area contributed by atoms with Crippen molar-refractivity contribution in [2.24, 2.45) is 50.7 Å². The molecule has 9 heteroatoms. The second kappa shape index (κ2) is 34.1. The van der Waals surface area contributed by atoms with Gasteiger partial charge in [-0.3, -0.25) is 44.1 Å². The first kappa shape index (κ1) is 90.7. The molecule has 558 valence electrons. The maximum Gasteiger partial charge on any atom is 0.0277 e. The van der Waals surface area contributed by atoms with Crippen molar-refractivity contribution in [3.8, 4) is 0 Å². The highest BCUT2D eigenvalue weighted by molar-refractivity contribution is 5.03. The van der Waals surface area contributed by atoms with Gasteiger partial charge in [-0.1, -0.05) is 104 Å². The molecular formula is C84H177N9. The molecule has 7 aliphatic heterocycles. The van der Waals surface area contributed by atoms with Gasteiger partial charge in [0.1, 0.15) is 0 Å². The summed E-state index contributed by atoms with van der Waals surface area (Å²) in [5, 5.41) is 0. The number of hydrogen-bond donors (Lipinski definition) is 0. The van der Waals surface area contributed by atoms with Crippen LogP contribution in [0, 0.1) is 50.7 Å². The van der Waals surface area contributed by atoms with Gasteiger partial charge in [0.25, 0.3) is 0 Å². The maximum atomic E-state index is 2.65. The van der Waals surface area contributed by atoms with Crippen LogP contribution in [0.3, 0.4) is 0 Å². The molecule has 7 aliphatic rings. The molecule has 9 nitrogen and oxygen atoms in total. The maximum absolute atomic E-state index is 2.65. The highest BCUT2D eigenvalue weighted by atomic mass is 15.4. The van der Waals surface area contributed by atoms with Crippen molar-refractivity contribution in [1.82, 2.24) is 44.1 Å². The first-order chi connectivity index (χ1) is 41.0. The molecule has 0 aromatic rings. The van der Waals surface area contributed by atoms with Crippen molar-refractivity contribution in [1.29, 1.82) is 0 Å². The second-order valence-electron chi connectivity index (χ2n) is 44.9. The van der Waals surface area contributed by atoms with E-state index in [4.69, 9.17) is 0 Å². The fourth-order valence-electron chi connectivity index (χ4n) is 14.3. The SMILES string of the molecule is CC(C)(C)C1CCCN(C(C)(C)C)C1.CC(C)(C)C1CCN(C(C)(C)C)C1.CC(C)(C)C1CCN(C(C)(C)C)CC1.CC(C)(C)C1CN(C(C)(C)C)C1.CC(C)(C)C1CN1C(C)(C)C.CC(C)(C)N1CCCN(C(C)(C)C)CC1.CC(C)(C)N1CCN(C(C)(C)C)CC1. The molecule has 0 N–H and O–H groups in total. The molecule has 0 aromatic heterocycles. The van der Waals surface area contributed by atoms with Gasteiger partial charge in [0.2, 0.25) is 0 Å². The predicted octanol–water partition coefficient (Wildman–Crippen LogP) is 20.3. The third-order valence-electron chi connectivity index (χ3n) is 22.7. The van der Waals surface area contributed by atoms with Gasteiger partial charge < -0.3 is 0 Å². The Hall–Kier alpha value is -0.360. The summed E-state index contributed by atoms with van der Waals surface area (Å²) in [6, 6.07) is 0.808. The molecule has 4 atom stereocenters. The van der Waals surface area contributed by atoms with E-state index >= 15 is 0 Å². The van der Waals surface area contributed by atoms with Crippen LogP contribution >= 0.6 is 0 Å². The quantitative estimate of drug-likeness (QED) is 0.220. The lowest BCUT2D eigenvalue weighted by Crippen LogP contribution is -2.59. The third-order valence-corrected chi connectivity index (χ3v) is 22.7. The topological polar surface area (TPSA) is 28.9 Å². The van der Waals surface area contributed by atoms with Crippen molar-refractivity contribution >= 4 is 0 Å². The van der Waals surface area contributed by atoms with Crippen LogP contribution < -0.4 is 0 Å². The summed E-state index contributed by atoms with van der Waals surface area (Å²) in [5.41, 5.74) is 5.59. The van der Waals surface area contributed by atoms with Gasteiger partial charge in [-0.25, -0.2) is 0 Å². The number of piperazine rings is 1. The minimum atomic E-state index is 0.327. The highest BCUT2D eigenvalue weighted by Gasteiger charge is 2.48. The Labute approximate surface area is 588 Å². The van der Waals surface area contributed by atoms with E-state index in [1.165, 1.54) is 150 Å². The van der Waals surface area contributed by atoms with E-state index in [0.29, 0.717) is 76.9 Å². The molecule has 0 radical (unpaired) electrons. The Morgan fingerprint density at radius 2 is 0.398 bits per heavy atom. The number of likely N-dealkylation sites (tertiary alicyclic amines) is 4. The predicted molar refractivity (Wildman–Crippen MR) is 420 cm³/mol. The van der Waals surface area contributed by atoms with Crippen LogP contribution in [0.2, 0.25) is 0 Å². The zero-order valence-electron chi connectivity index (χ0n) is 72.2. The lowest BCUT2D eigenvalue weighted by atomic mass is 9.74. The number of nitrogens with zero attached hydrogens (tertiary/aromatic N) is 9. The van der Waals surface area contributed by atoms with E-state index in [2.05, 4.69) is 335 Å². The fraction of sp³-hybridized carbons (Fsp3) is 1.00. The Bertz CT molecular complexity index is 1850. The average molecular weight is 1310 g/mol. The van der Waals surface area contributed by atoms with Gasteiger partial charge in [0.05, 0.1) is 0 Å². The molecule has 7 rings (SSSR count). The zero-order chi connectivity index (χ0) is 73.3. The van der Waals surface area contributed by atoms with Crippen molar-refractivity contribution in [3.05, 3.63) is 0 Å². The van der Waals surface area contributed by atoms with Crippen LogP contribution in [0.15, 0.2) is 0 Å². The van der Waals surface area contributed by atoms with Gasteiger partial charge >= 0.3 is 0 Å². The van der Waals surface area contributed by atoms with Crippen LogP contribution in [0.5, 0.6) is 0 Å². The smallest absolute Gasteiger partial charge is 0.0277 e. The molecule has 0 amide bonds. The number of piperidine rings is 2. The molecule has 7 fully saturated rings. The molecule has 0 bridgehead atoms. The standard InChI is InChI=1S/C13H28N2.2C13H27N.C12H26N2.C12H25N.C11H23N.C10H21N/c1-12(2,3)14-8-7-9-15(11-10-14)13(4,5)6;1-12(2,3)11-7-9-14(10-8-11)13(4,5)6;1-12(2,3)11-8-7-9-14(10-11)13(4,5)6;1-11(2,3)13-7-9-14(10-8-13)12(4,5)6;1-11(2,3)10-7-8-13(9-10)12(4,5)6;1-10(2,3)9-7-12(8-9)11(4,5)6;1-9(2,3)8-7-11(8)10(4,5)6/h7-11H2,1-6H3;2*11H,7-10H2,1-6H3;7-10H2,1-6H3;10H,7-9H2,1-6H3;9H,7-8H2,1-6H3;8H,7H2,1-6H3. The van der Waals surface area contributed by atoms with E-state index in [0.717, 1.165) is 29.7 Å². The van der Waals surface area contributed by atoms with Crippen molar-refractivity contribution in [3.63, 3.8) is 0 Å². The summed E-state index contributed by atoms with van der Waals surface area (Å²) in [5.74, 6) is 3.57. The summed E-state index contributed by atoms with van der Waals surface area (Å²) < 4.78 is 0. The zero-order valence-corrected chi connectivity index (χ0v) is 72.2. The van der Waals surface area contributed by atoms with Gasteiger partial charge in [0, 0.05) is 128 Å². The van der Waals surface area contributed by atoms with Crippen LogP contribution in [-0.2, 0) is 0 Å². The molecule has 7 heterocycles. The fourth-order valence-corrected chi connectivity index (χ4v) is 14.3. The normalized spacial score (nSPS) is 25.0. The van der Waals surface area contributed by atoms with E-state index < -0.39 is 0 Å². The first-order valence-corrected chi connectivity index (χ1v) is 38.8. The molecule has 93 heavy (non-hydrogen) atoms. The molecule has 0 aromatic carbocycles. The summed E-state index contributed by atoms with van der Waals surface area (Å²) >= 11 is 0. The molecule has 0 spiro atoms. The first-order valence-electron chi connectivity index (χ1n) is 38.8. The number of rotatable bonds is 0. The molecule has 0 saturated carbocycles. The van der Waals surface area contributed by atoms with Crippen LogP contribution in [-0.4, -0.2) is 211 Å². The lowest BCUT2D eigenvalue weighted by molar-refractivity contribution is -0.0345. The van der Waals surface area contributed by atoms with Gasteiger partial charge in [-0.2, -0.15) is 0 Å². The molecule has 7 saturated heterocycles. The second-order valence-corrected chi connectivity index (χ2v) is 44.9. The van der Waals surface area contributed by atoms with Gasteiger partial charge in [-0.05, 0) is 315 Å². The lowest BCUT2D eigenvalue weighted by Gasteiger charge is -2.52. The van der Waals surface area contributed by atoms with E-state index in [9.17, 15) is 0 Å². The monoisotopic (exact) mass is 1310 g/mol. The minimum absolute atomic E-state index is 0.327. The van der Waals surface area contributed by atoms with Crippen LogP contribution in [0.1, 0.15) is 329 Å². The highest BCUT2D eigenvalue weighted by Crippen LogP contribution is 2.42. The molecule has 4 unspecified atom stereocenters. The third kappa shape index (κ3) is 33.8. The van der Waals surface area contributed by atoms with E-state index in [1.807, 2.05) is 0 Å². The Kier molecular flexibility index (Phi) is 33.2. The van der Waals surface area contributed by atoms with E-state index in [1.54, 1.807) is 0 Å². The summed E-state index contributed by atoms with van der Waals surface area (Å²) in [6.45, 7) is 119. The Morgan fingerprint density at radius 1 is 0.172 bits per heavy atom. The van der Waals surface area contributed by atoms with Crippen LogP contribution in [0.4, 0.5) is 0 Å². The average Bonchev–Trinajstić information content (AvgIpc) is 1.67. The number of hydrogen-bond acceptors (Lipinski definition) is 9. The van der Waals surface area contributed by atoms with Crippen molar-refractivity contribution in [2.45, 2.75) is 385 Å². The molecule has 0 aliphatic carbocycles.